The topological polar surface area (TPSA) is 24.8 Å². The number of nitrogens with zero attached hydrogens (tertiary/aromatic N) is 1. The molecule has 1 saturated heterocycles. The van der Waals surface area contributed by atoms with Gasteiger partial charge in [-0.15, -0.1) is 11.3 Å². The number of rotatable bonds is 3. The molecule has 5 rings (SSSR count). The normalized spacial score (nSPS) is 22.7. The van der Waals surface area contributed by atoms with Gasteiger partial charge in [-0.1, -0.05) is 30.3 Å². The van der Waals surface area contributed by atoms with Crippen LogP contribution in [0.3, 0.4) is 0 Å². The summed E-state index contributed by atoms with van der Waals surface area (Å²) in [6, 6.07) is 17.2. The van der Waals surface area contributed by atoms with Gasteiger partial charge in [0.25, 0.3) is 5.91 Å². The Balaban J connectivity index is 1.50. The second-order valence-corrected chi connectivity index (χ2v) is 7.67. The highest BCUT2D eigenvalue weighted by atomic mass is 32.1. The number of likely N-dealkylation sites (tertiary alicyclic amines) is 1. The fourth-order valence-electron chi connectivity index (χ4n) is 4.27. The first kappa shape index (κ1) is 14.2. The van der Waals surface area contributed by atoms with Gasteiger partial charge >= 0.3 is 0 Å². The molecule has 0 radical (unpaired) electrons. The summed E-state index contributed by atoms with van der Waals surface area (Å²) in [5, 5.41) is 4.44. The second kappa shape index (κ2) is 5.43. The van der Waals surface area contributed by atoms with E-state index in [1.807, 2.05) is 28.4 Å². The Morgan fingerprint density at radius 3 is 2.83 bits per heavy atom. The molecule has 2 atom stereocenters. The van der Waals surface area contributed by atoms with E-state index < -0.39 is 0 Å². The highest BCUT2D eigenvalue weighted by Gasteiger charge is 2.37. The monoisotopic (exact) mass is 335 g/mol. The number of carbonyl (C=O) groups excluding carboxylic acids is 1. The highest BCUT2D eigenvalue weighted by Crippen LogP contribution is 2.36. The quantitative estimate of drug-likeness (QED) is 0.781. The van der Waals surface area contributed by atoms with Crippen molar-refractivity contribution in [2.24, 2.45) is 0 Å². The number of thiophene rings is 1. The third-order valence-electron chi connectivity index (χ3n) is 5.38. The van der Waals surface area contributed by atoms with Crippen LogP contribution in [-0.4, -0.2) is 19.1 Å². The van der Waals surface area contributed by atoms with Crippen molar-refractivity contribution in [3.8, 4) is 0 Å². The molecule has 2 aromatic carbocycles. The predicted molar refractivity (Wildman–Crippen MR) is 97.7 cm³/mol. The summed E-state index contributed by atoms with van der Waals surface area (Å²) in [4.78, 5) is 17.9. The van der Waals surface area contributed by atoms with E-state index in [1.54, 1.807) is 0 Å². The number of anilines is 1. The first-order valence-electron chi connectivity index (χ1n) is 8.54. The largest absolute Gasteiger partial charge is 0.311 e. The fourth-order valence-corrected chi connectivity index (χ4v) is 5.19. The minimum atomic E-state index is 0.158. The van der Waals surface area contributed by atoms with Crippen LogP contribution < -0.4 is 9.80 Å². The van der Waals surface area contributed by atoms with Gasteiger partial charge in [0.05, 0.1) is 22.7 Å². The summed E-state index contributed by atoms with van der Waals surface area (Å²) in [6.45, 7) is 1.90. The van der Waals surface area contributed by atoms with Crippen molar-refractivity contribution >= 4 is 33.7 Å². The number of quaternary nitrogens is 1. The number of hydrogen-bond donors (Lipinski definition) is 1. The van der Waals surface area contributed by atoms with Crippen LogP contribution in [0.4, 0.5) is 5.69 Å². The fraction of sp³-hybridized carbons (Fsp3) is 0.250. The highest BCUT2D eigenvalue weighted by molar-refractivity contribution is 7.10. The lowest BCUT2D eigenvalue weighted by Gasteiger charge is -2.26. The van der Waals surface area contributed by atoms with Crippen molar-refractivity contribution in [3.63, 3.8) is 0 Å². The zero-order valence-corrected chi connectivity index (χ0v) is 14.2. The second-order valence-electron chi connectivity index (χ2n) is 6.69. The van der Waals surface area contributed by atoms with Crippen LogP contribution in [0.1, 0.15) is 34.1 Å². The van der Waals surface area contributed by atoms with Gasteiger partial charge in [-0.25, -0.2) is 0 Å². The molecule has 120 valence electrons. The van der Waals surface area contributed by atoms with Crippen LogP contribution in [0.2, 0.25) is 0 Å². The first-order valence-corrected chi connectivity index (χ1v) is 9.42. The molecule has 3 aromatic rings. The van der Waals surface area contributed by atoms with Crippen LogP contribution in [0.15, 0.2) is 53.9 Å². The summed E-state index contributed by atoms with van der Waals surface area (Å²) in [5.74, 6) is 0.158. The Morgan fingerprint density at radius 2 is 2.00 bits per heavy atom. The lowest BCUT2D eigenvalue weighted by atomic mass is 10.1. The zero-order valence-electron chi connectivity index (χ0n) is 13.4. The molecule has 24 heavy (non-hydrogen) atoms. The van der Waals surface area contributed by atoms with Crippen molar-refractivity contribution in [2.75, 3.05) is 18.1 Å². The molecule has 3 heterocycles. The van der Waals surface area contributed by atoms with Gasteiger partial charge in [0.2, 0.25) is 0 Å². The van der Waals surface area contributed by atoms with Crippen LogP contribution in [0, 0.1) is 0 Å². The molecule has 2 aliphatic rings. The molecule has 0 bridgehead atoms. The molecule has 0 saturated carbocycles. The summed E-state index contributed by atoms with van der Waals surface area (Å²) < 4.78 is 0. The van der Waals surface area contributed by atoms with Gasteiger partial charge in [-0.05, 0) is 29.0 Å². The van der Waals surface area contributed by atoms with Crippen molar-refractivity contribution in [1.82, 2.24) is 0 Å². The number of nitrogens with one attached hydrogen (secondary N) is 1. The van der Waals surface area contributed by atoms with E-state index in [4.69, 9.17) is 0 Å². The van der Waals surface area contributed by atoms with Gasteiger partial charge in [0.15, 0.2) is 6.67 Å². The Kier molecular flexibility index (Phi) is 3.21. The molecular formula is C20H19N2OS+. The Morgan fingerprint density at radius 1 is 1.12 bits per heavy atom. The van der Waals surface area contributed by atoms with Crippen LogP contribution >= 0.6 is 11.3 Å². The standard InChI is InChI=1S/C20H18N2OS/c23-20-15-7-1-5-14-6-2-8-17(19(14)15)22(20)13-21-11-3-9-16(21)18-10-4-12-24-18/h1-2,4-8,10,12,16H,3,9,11,13H2/p+1/t16-/m1/s1. The van der Waals surface area contributed by atoms with E-state index >= 15 is 0 Å². The van der Waals surface area contributed by atoms with Gasteiger partial charge in [0.1, 0.15) is 6.04 Å². The van der Waals surface area contributed by atoms with E-state index in [2.05, 4.69) is 41.8 Å². The van der Waals surface area contributed by atoms with E-state index in [9.17, 15) is 4.79 Å². The average molecular weight is 335 g/mol. The molecule has 0 spiro atoms. The minimum absolute atomic E-state index is 0.158. The molecular weight excluding hydrogens is 316 g/mol. The van der Waals surface area contributed by atoms with Crippen molar-refractivity contribution in [2.45, 2.75) is 18.9 Å². The molecule has 2 aliphatic heterocycles. The predicted octanol–water partition coefficient (Wildman–Crippen LogP) is 3.24. The zero-order chi connectivity index (χ0) is 16.1. The maximum Gasteiger partial charge on any atom is 0.263 e. The van der Waals surface area contributed by atoms with Crippen LogP contribution in [0.25, 0.3) is 10.8 Å². The first-order chi connectivity index (χ1) is 11.8. The number of carbonyl (C=O) groups is 1. The summed E-state index contributed by atoms with van der Waals surface area (Å²) in [5.41, 5.74) is 1.94. The van der Waals surface area contributed by atoms with E-state index in [0.29, 0.717) is 6.04 Å². The molecule has 1 fully saturated rings. The van der Waals surface area contributed by atoms with Crippen LogP contribution in [0.5, 0.6) is 0 Å². The Labute approximate surface area is 145 Å². The third kappa shape index (κ3) is 2.03. The van der Waals surface area contributed by atoms with Gasteiger partial charge in [-0.3, -0.25) is 9.69 Å². The molecule has 1 unspecified atom stereocenters. The van der Waals surface area contributed by atoms with Crippen LogP contribution in [-0.2, 0) is 0 Å². The number of amides is 1. The number of benzene rings is 2. The lowest BCUT2D eigenvalue weighted by molar-refractivity contribution is -0.916. The van der Waals surface area contributed by atoms with Crippen molar-refractivity contribution < 1.29 is 9.69 Å². The minimum Gasteiger partial charge on any atom is -0.311 e. The van der Waals surface area contributed by atoms with Gasteiger partial charge in [-0.2, -0.15) is 0 Å². The Bertz CT molecular complexity index is 913. The van der Waals surface area contributed by atoms with Gasteiger partial charge in [0, 0.05) is 18.2 Å². The summed E-state index contributed by atoms with van der Waals surface area (Å²) in [7, 11) is 0. The average Bonchev–Trinajstić information content (AvgIpc) is 3.33. The van der Waals surface area contributed by atoms with E-state index in [0.717, 1.165) is 35.2 Å². The Hall–Kier alpha value is -2.17. The molecule has 1 amide bonds. The maximum absolute atomic E-state index is 13.0. The summed E-state index contributed by atoms with van der Waals surface area (Å²) in [6.07, 6.45) is 2.45. The smallest absolute Gasteiger partial charge is 0.263 e. The summed E-state index contributed by atoms with van der Waals surface area (Å²) >= 11 is 1.84. The van der Waals surface area contributed by atoms with E-state index in [-0.39, 0.29) is 5.91 Å². The molecule has 4 heteroatoms. The van der Waals surface area contributed by atoms with E-state index in [1.165, 1.54) is 22.6 Å². The SMILES string of the molecule is O=C1c2cccc3cccc(c23)N1C[NH+]1CCC[C@@H]1c1cccs1. The van der Waals surface area contributed by atoms with Crippen molar-refractivity contribution in [1.29, 1.82) is 0 Å². The van der Waals surface area contributed by atoms with Crippen molar-refractivity contribution in [3.05, 3.63) is 64.4 Å². The molecule has 1 aromatic heterocycles. The molecule has 1 N–H and O–H groups in total. The maximum atomic E-state index is 13.0. The molecule has 0 aliphatic carbocycles. The lowest BCUT2D eigenvalue weighted by Crippen LogP contribution is -3.12. The van der Waals surface area contributed by atoms with Gasteiger partial charge < -0.3 is 4.90 Å². The molecule has 3 nitrogen and oxygen atoms in total. The number of hydrogen-bond acceptors (Lipinski definition) is 2. The third-order valence-corrected chi connectivity index (χ3v) is 6.37.